The van der Waals surface area contributed by atoms with Crippen LogP contribution in [-0.4, -0.2) is 35.1 Å². The number of nitrogens with zero attached hydrogens (tertiary/aromatic N) is 4. The molecule has 5 nitrogen and oxygen atoms in total. The Balaban J connectivity index is 2.52. The van der Waals surface area contributed by atoms with Gasteiger partial charge in [0, 0.05) is 20.1 Å². The molecule has 2 aromatic rings. The molecule has 2 heterocycles. The Morgan fingerprint density at radius 3 is 3.00 bits per heavy atom. The fourth-order valence-corrected chi connectivity index (χ4v) is 2.11. The van der Waals surface area contributed by atoms with Crippen molar-refractivity contribution in [3.8, 4) is 0 Å². The van der Waals surface area contributed by atoms with Crippen molar-refractivity contribution in [3.63, 3.8) is 0 Å². The summed E-state index contributed by atoms with van der Waals surface area (Å²) >= 11 is 1.53. The first-order valence-electron chi connectivity index (χ1n) is 4.71. The molecule has 80 valence electrons. The number of aromatic nitrogens is 3. The SMILES string of the molecule is Cc1nc(N(C)CCN)c2ncsc2n1. The monoisotopic (exact) mass is 223 g/mol. The highest BCUT2D eigenvalue weighted by Crippen LogP contribution is 2.23. The molecule has 0 spiro atoms. The zero-order valence-corrected chi connectivity index (χ0v) is 9.58. The predicted molar refractivity (Wildman–Crippen MR) is 62.3 cm³/mol. The minimum absolute atomic E-state index is 0.602. The first kappa shape index (κ1) is 10.3. The number of fused-ring (bicyclic) bond motifs is 1. The average molecular weight is 223 g/mol. The molecule has 0 aliphatic rings. The van der Waals surface area contributed by atoms with Crippen molar-refractivity contribution in [2.24, 2.45) is 5.73 Å². The molecule has 15 heavy (non-hydrogen) atoms. The Labute approximate surface area is 92.0 Å². The van der Waals surface area contributed by atoms with Gasteiger partial charge in [-0.25, -0.2) is 15.0 Å². The molecule has 0 saturated carbocycles. The zero-order valence-electron chi connectivity index (χ0n) is 8.77. The van der Waals surface area contributed by atoms with Gasteiger partial charge in [-0.2, -0.15) is 0 Å². The molecule has 0 radical (unpaired) electrons. The molecular weight excluding hydrogens is 210 g/mol. The molecule has 0 saturated heterocycles. The largest absolute Gasteiger partial charge is 0.356 e. The van der Waals surface area contributed by atoms with Crippen LogP contribution in [0.4, 0.5) is 5.82 Å². The van der Waals surface area contributed by atoms with Gasteiger partial charge in [-0.1, -0.05) is 0 Å². The summed E-state index contributed by atoms with van der Waals surface area (Å²) in [6, 6.07) is 0. The van der Waals surface area contributed by atoms with E-state index in [4.69, 9.17) is 5.73 Å². The summed E-state index contributed by atoms with van der Waals surface area (Å²) in [6.07, 6.45) is 0. The molecule has 2 N–H and O–H groups in total. The van der Waals surface area contributed by atoms with Crippen LogP contribution in [0.3, 0.4) is 0 Å². The Kier molecular flexibility index (Phi) is 2.79. The third kappa shape index (κ3) is 1.91. The lowest BCUT2D eigenvalue weighted by Crippen LogP contribution is -2.26. The van der Waals surface area contributed by atoms with Gasteiger partial charge >= 0.3 is 0 Å². The van der Waals surface area contributed by atoms with Crippen LogP contribution in [0.15, 0.2) is 5.51 Å². The van der Waals surface area contributed by atoms with E-state index in [0.717, 1.165) is 28.5 Å². The topological polar surface area (TPSA) is 67.9 Å². The molecule has 2 rings (SSSR count). The maximum atomic E-state index is 5.52. The maximum absolute atomic E-state index is 5.52. The molecule has 0 unspecified atom stereocenters. The van der Waals surface area contributed by atoms with E-state index in [1.54, 1.807) is 5.51 Å². The van der Waals surface area contributed by atoms with Crippen molar-refractivity contribution in [2.75, 3.05) is 25.0 Å². The number of rotatable bonds is 3. The maximum Gasteiger partial charge on any atom is 0.159 e. The highest BCUT2D eigenvalue weighted by Gasteiger charge is 2.11. The van der Waals surface area contributed by atoms with Gasteiger partial charge in [-0.15, -0.1) is 11.3 Å². The minimum Gasteiger partial charge on any atom is -0.356 e. The number of hydrogen-bond donors (Lipinski definition) is 1. The van der Waals surface area contributed by atoms with Crippen molar-refractivity contribution in [1.82, 2.24) is 15.0 Å². The van der Waals surface area contributed by atoms with E-state index in [2.05, 4.69) is 15.0 Å². The fourth-order valence-electron chi connectivity index (χ4n) is 1.42. The smallest absolute Gasteiger partial charge is 0.159 e. The Morgan fingerprint density at radius 2 is 2.27 bits per heavy atom. The molecule has 0 fully saturated rings. The first-order chi connectivity index (χ1) is 7.22. The van der Waals surface area contributed by atoms with Gasteiger partial charge in [-0.3, -0.25) is 0 Å². The molecule has 0 aliphatic heterocycles. The summed E-state index contributed by atoms with van der Waals surface area (Å²) in [6.45, 7) is 3.26. The molecular formula is C9H13N5S. The van der Waals surface area contributed by atoms with Crippen molar-refractivity contribution in [2.45, 2.75) is 6.92 Å². The van der Waals surface area contributed by atoms with E-state index in [-0.39, 0.29) is 0 Å². The van der Waals surface area contributed by atoms with Crippen LogP contribution in [0.5, 0.6) is 0 Å². The number of aryl methyl sites for hydroxylation is 1. The van der Waals surface area contributed by atoms with E-state index in [9.17, 15) is 0 Å². The number of hydrogen-bond acceptors (Lipinski definition) is 6. The second-order valence-corrected chi connectivity index (χ2v) is 4.14. The fraction of sp³-hybridized carbons (Fsp3) is 0.444. The average Bonchev–Trinajstić information content (AvgIpc) is 2.64. The van der Waals surface area contributed by atoms with Gasteiger partial charge in [0.2, 0.25) is 0 Å². The van der Waals surface area contributed by atoms with Crippen LogP contribution in [0.1, 0.15) is 5.82 Å². The van der Waals surface area contributed by atoms with Crippen molar-refractivity contribution < 1.29 is 0 Å². The van der Waals surface area contributed by atoms with E-state index in [1.165, 1.54) is 11.3 Å². The highest BCUT2D eigenvalue weighted by atomic mass is 32.1. The molecule has 0 amide bonds. The van der Waals surface area contributed by atoms with Crippen molar-refractivity contribution in [3.05, 3.63) is 11.3 Å². The number of anilines is 1. The van der Waals surface area contributed by atoms with Crippen molar-refractivity contribution >= 4 is 27.5 Å². The minimum atomic E-state index is 0.602. The lowest BCUT2D eigenvalue weighted by atomic mass is 10.4. The van der Waals surface area contributed by atoms with Gasteiger partial charge < -0.3 is 10.6 Å². The number of nitrogens with two attached hydrogens (primary N) is 1. The van der Waals surface area contributed by atoms with Crippen LogP contribution in [0.2, 0.25) is 0 Å². The number of thiazole rings is 1. The van der Waals surface area contributed by atoms with E-state index in [1.807, 2.05) is 18.9 Å². The summed E-state index contributed by atoms with van der Waals surface area (Å²) in [5.74, 6) is 1.63. The molecule has 0 bridgehead atoms. The lowest BCUT2D eigenvalue weighted by Gasteiger charge is -2.17. The van der Waals surface area contributed by atoms with Crippen LogP contribution in [0, 0.1) is 6.92 Å². The Morgan fingerprint density at radius 1 is 1.47 bits per heavy atom. The van der Waals surface area contributed by atoms with E-state index < -0.39 is 0 Å². The van der Waals surface area contributed by atoms with Gasteiger partial charge in [0.05, 0.1) is 5.51 Å². The molecule has 6 heteroatoms. The zero-order chi connectivity index (χ0) is 10.8. The summed E-state index contributed by atoms with van der Waals surface area (Å²) in [7, 11) is 1.97. The second kappa shape index (κ2) is 4.08. The summed E-state index contributed by atoms with van der Waals surface area (Å²) in [5.41, 5.74) is 8.17. The second-order valence-electron chi connectivity index (χ2n) is 3.31. The van der Waals surface area contributed by atoms with Crippen LogP contribution >= 0.6 is 11.3 Å². The van der Waals surface area contributed by atoms with Gasteiger partial charge in [0.1, 0.15) is 16.2 Å². The van der Waals surface area contributed by atoms with Crippen molar-refractivity contribution in [1.29, 1.82) is 0 Å². The summed E-state index contributed by atoms with van der Waals surface area (Å²) in [4.78, 5) is 15.9. The first-order valence-corrected chi connectivity index (χ1v) is 5.59. The lowest BCUT2D eigenvalue weighted by molar-refractivity contribution is 0.863. The van der Waals surface area contributed by atoms with Crippen LogP contribution < -0.4 is 10.6 Å². The normalized spacial score (nSPS) is 10.9. The van der Waals surface area contributed by atoms with Crippen LogP contribution in [-0.2, 0) is 0 Å². The predicted octanol–water partition coefficient (Wildman–Crippen LogP) is 0.790. The highest BCUT2D eigenvalue weighted by molar-refractivity contribution is 7.16. The van der Waals surface area contributed by atoms with E-state index >= 15 is 0 Å². The van der Waals surface area contributed by atoms with E-state index in [0.29, 0.717) is 6.54 Å². The quantitative estimate of drug-likeness (QED) is 0.833. The van der Waals surface area contributed by atoms with Gasteiger partial charge in [0.25, 0.3) is 0 Å². The van der Waals surface area contributed by atoms with Gasteiger partial charge in [0.15, 0.2) is 5.82 Å². The molecule has 0 aliphatic carbocycles. The Hall–Kier alpha value is -1.27. The third-order valence-corrected chi connectivity index (χ3v) is 2.84. The summed E-state index contributed by atoms with van der Waals surface area (Å²) in [5, 5.41) is 0. The third-order valence-electron chi connectivity index (χ3n) is 2.12. The number of likely N-dealkylation sites (N-methyl/N-ethyl adjacent to an activating group) is 1. The van der Waals surface area contributed by atoms with Crippen LogP contribution in [0.25, 0.3) is 10.3 Å². The summed E-state index contributed by atoms with van der Waals surface area (Å²) < 4.78 is 0. The molecule has 0 atom stereocenters. The molecule has 2 aromatic heterocycles. The molecule has 0 aromatic carbocycles. The van der Waals surface area contributed by atoms with Gasteiger partial charge in [-0.05, 0) is 6.92 Å². The standard InChI is InChI=1S/C9H13N5S/c1-6-12-8(14(2)4-3-10)7-9(13-6)15-5-11-7/h5H,3-4,10H2,1-2H3. The Bertz CT molecular complexity index is 466.